The maximum Gasteiger partial charge on any atom is 0.317 e. The molecule has 2 rings (SSSR count). The molecule has 126 valence electrons. The van der Waals surface area contributed by atoms with Crippen LogP contribution < -0.4 is 22.1 Å². The van der Waals surface area contributed by atoms with Crippen LogP contribution in [0.1, 0.15) is 34.3 Å². The summed E-state index contributed by atoms with van der Waals surface area (Å²) < 4.78 is 0. The number of rotatable bonds is 5. The number of hydrogen-bond donors (Lipinski definition) is 4. The van der Waals surface area contributed by atoms with E-state index in [-0.39, 0.29) is 22.4 Å². The fourth-order valence-corrected chi connectivity index (χ4v) is 3.05. The second kappa shape index (κ2) is 7.14. The van der Waals surface area contributed by atoms with Crippen LogP contribution in [0.2, 0.25) is 0 Å². The Kier molecular flexibility index (Phi) is 5.20. The zero-order valence-corrected chi connectivity index (χ0v) is 14.1. The number of carbonyl (C=O) groups is 3. The van der Waals surface area contributed by atoms with Crippen molar-refractivity contribution in [3.63, 3.8) is 0 Å². The van der Waals surface area contributed by atoms with Crippen molar-refractivity contribution in [3.8, 4) is 0 Å². The van der Waals surface area contributed by atoms with Crippen LogP contribution in [0.5, 0.6) is 0 Å². The van der Waals surface area contributed by atoms with E-state index in [0.29, 0.717) is 5.00 Å². The average Bonchev–Trinajstić information content (AvgIpc) is 2.89. The van der Waals surface area contributed by atoms with E-state index in [1.54, 1.807) is 6.92 Å². The molecule has 0 aliphatic rings. The molecule has 0 fully saturated rings. The number of nitrogens with two attached hydrogens (primary N) is 2. The van der Waals surface area contributed by atoms with Gasteiger partial charge in [0.2, 0.25) is 5.91 Å². The van der Waals surface area contributed by atoms with E-state index >= 15 is 0 Å². The lowest BCUT2D eigenvalue weighted by Gasteiger charge is -2.11. The van der Waals surface area contributed by atoms with Crippen LogP contribution in [0.15, 0.2) is 30.3 Å². The SMILES string of the molecule is Cc1ccc(C(C)C(=O)Nc2cc(C(N)=O)c(NC(N)=O)s2)cc1. The Morgan fingerprint density at radius 2 is 1.71 bits per heavy atom. The van der Waals surface area contributed by atoms with Crippen molar-refractivity contribution in [2.45, 2.75) is 19.8 Å². The Balaban J connectivity index is 2.17. The van der Waals surface area contributed by atoms with Crippen molar-refractivity contribution >= 4 is 39.2 Å². The van der Waals surface area contributed by atoms with Crippen molar-refractivity contribution in [2.75, 3.05) is 10.6 Å². The summed E-state index contributed by atoms with van der Waals surface area (Å²) in [7, 11) is 0. The molecule has 1 unspecified atom stereocenters. The third-order valence-electron chi connectivity index (χ3n) is 3.45. The molecule has 0 bridgehead atoms. The smallest absolute Gasteiger partial charge is 0.317 e. The Bertz CT molecular complexity index is 783. The molecule has 0 spiro atoms. The molecule has 24 heavy (non-hydrogen) atoms. The third kappa shape index (κ3) is 4.11. The van der Waals surface area contributed by atoms with Gasteiger partial charge in [-0.15, -0.1) is 0 Å². The van der Waals surface area contributed by atoms with Gasteiger partial charge in [-0.25, -0.2) is 4.79 Å². The molecule has 7 nitrogen and oxygen atoms in total. The first-order chi connectivity index (χ1) is 11.3. The summed E-state index contributed by atoms with van der Waals surface area (Å²) in [4.78, 5) is 34.8. The highest BCUT2D eigenvalue weighted by Gasteiger charge is 2.19. The lowest BCUT2D eigenvalue weighted by Crippen LogP contribution is -2.21. The molecule has 6 N–H and O–H groups in total. The second-order valence-electron chi connectivity index (χ2n) is 5.33. The number of aryl methyl sites for hydroxylation is 1. The zero-order valence-electron chi connectivity index (χ0n) is 13.3. The largest absolute Gasteiger partial charge is 0.366 e. The molecule has 0 aliphatic carbocycles. The fourth-order valence-electron chi connectivity index (χ4n) is 2.08. The van der Waals surface area contributed by atoms with E-state index in [2.05, 4.69) is 10.6 Å². The normalized spacial score (nSPS) is 11.6. The van der Waals surface area contributed by atoms with E-state index < -0.39 is 11.9 Å². The lowest BCUT2D eigenvalue weighted by molar-refractivity contribution is -0.117. The summed E-state index contributed by atoms with van der Waals surface area (Å²) in [5.41, 5.74) is 12.4. The molecule has 2 aromatic rings. The number of urea groups is 1. The highest BCUT2D eigenvalue weighted by atomic mass is 32.1. The Hall–Kier alpha value is -2.87. The van der Waals surface area contributed by atoms with Gasteiger partial charge in [0, 0.05) is 0 Å². The molecule has 4 amide bonds. The van der Waals surface area contributed by atoms with Crippen LogP contribution in [0.3, 0.4) is 0 Å². The predicted molar refractivity (Wildman–Crippen MR) is 94.3 cm³/mol. The maximum atomic E-state index is 12.4. The first-order valence-corrected chi connectivity index (χ1v) is 7.97. The van der Waals surface area contributed by atoms with Gasteiger partial charge >= 0.3 is 6.03 Å². The van der Waals surface area contributed by atoms with Crippen LogP contribution in [0, 0.1) is 6.92 Å². The van der Waals surface area contributed by atoms with Gasteiger partial charge in [-0.05, 0) is 25.5 Å². The number of amides is 4. The Morgan fingerprint density at radius 1 is 1.08 bits per heavy atom. The molecule has 8 heteroatoms. The summed E-state index contributed by atoms with van der Waals surface area (Å²) in [6, 6.07) is 8.25. The van der Waals surface area contributed by atoms with Crippen molar-refractivity contribution < 1.29 is 14.4 Å². The second-order valence-corrected chi connectivity index (χ2v) is 6.38. The van der Waals surface area contributed by atoms with Gasteiger partial charge < -0.3 is 16.8 Å². The van der Waals surface area contributed by atoms with Crippen molar-refractivity contribution in [1.29, 1.82) is 0 Å². The highest BCUT2D eigenvalue weighted by Crippen LogP contribution is 2.32. The van der Waals surface area contributed by atoms with Gasteiger partial charge in [-0.2, -0.15) is 0 Å². The van der Waals surface area contributed by atoms with E-state index in [1.807, 2.05) is 31.2 Å². The molecule has 1 heterocycles. The molecule has 0 radical (unpaired) electrons. The number of thiophene rings is 1. The minimum atomic E-state index is -0.815. The standard InChI is InChI=1S/C16H18N4O3S/c1-8-3-5-10(6-4-8)9(2)14(22)19-12-7-11(13(17)21)15(24-12)20-16(18)23/h3-7,9H,1-2H3,(H2,17,21)(H,19,22)(H3,18,20,23). The molecule has 1 aromatic heterocycles. The van der Waals surface area contributed by atoms with Gasteiger partial charge in [0.15, 0.2) is 0 Å². The Labute approximate surface area is 143 Å². The molecule has 0 aliphatic heterocycles. The van der Waals surface area contributed by atoms with Crippen LogP contribution in [-0.4, -0.2) is 17.8 Å². The van der Waals surface area contributed by atoms with Gasteiger partial charge in [-0.3, -0.25) is 14.9 Å². The zero-order chi connectivity index (χ0) is 17.9. The minimum Gasteiger partial charge on any atom is -0.366 e. The summed E-state index contributed by atoms with van der Waals surface area (Å²) >= 11 is 1.01. The Morgan fingerprint density at radius 3 is 2.25 bits per heavy atom. The molecule has 1 aromatic carbocycles. The fraction of sp³-hybridized carbons (Fsp3) is 0.188. The molecule has 0 saturated carbocycles. The van der Waals surface area contributed by atoms with E-state index in [1.165, 1.54) is 6.07 Å². The third-order valence-corrected chi connectivity index (χ3v) is 4.42. The van der Waals surface area contributed by atoms with Crippen molar-refractivity contribution in [2.24, 2.45) is 11.5 Å². The molecular formula is C16H18N4O3S. The first kappa shape index (κ1) is 17.5. The summed E-state index contributed by atoms with van der Waals surface area (Å²) in [5, 5.41) is 5.65. The van der Waals surface area contributed by atoms with E-state index in [9.17, 15) is 14.4 Å². The van der Waals surface area contributed by atoms with E-state index in [0.717, 1.165) is 22.5 Å². The van der Waals surface area contributed by atoms with Crippen LogP contribution in [0.4, 0.5) is 14.8 Å². The number of carbonyl (C=O) groups excluding carboxylic acids is 3. The summed E-state index contributed by atoms with van der Waals surface area (Å²) in [6.45, 7) is 3.75. The topological polar surface area (TPSA) is 127 Å². The molecule has 0 saturated heterocycles. The monoisotopic (exact) mass is 346 g/mol. The van der Waals surface area contributed by atoms with Crippen LogP contribution in [-0.2, 0) is 4.79 Å². The lowest BCUT2D eigenvalue weighted by atomic mass is 9.99. The number of hydrogen-bond acceptors (Lipinski definition) is 4. The highest BCUT2D eigenvalue weighted by molar-refractivity contribution is 7.20. The maximum absolute atomic E-state index is 12.4. The molecule has 1 atom stereocenters. The number of primary amides is 2. The van der Waals surface area contributed by atoms with Crippen molar-refractivity contribution in [1.82, 2.24) is 0 Å². The van der Waals surface area contributed by atoms with Gasteiger partial charge in [0.1, 0.15) is 5.00 Å². The minimum absolute atomic E-state index is 0.0945. The quantitative estimate of drug-likeness (QED) is 0.663. The predicted octanol–water partition coefficient (Wildman–Crippen LogP) is 2.39. The number of nitrogens with one attached hydrogen (secondary N) is 2. The van der Waals surface area contributed by atoms with Crippen LogP contribution in [0.25, 0.3) is 0 Å². The van der Waals surface area contributed by atoms with Crippen molar-refractivity contribution in [3.05, 3.63) is 47.0 Å². The van der Waals surface area contributed by atoms with Gasteiger partial charge in [0.25, 0.3) is 5.91 Å². The van der Waals surface area contributed by atoms with Gasteiger partial charge in [-0.1, -0.05) is 41.2 Å². The number of anilines is 2. The summed E-state index contributed by atoms with van der Waals surface area (Å²) in [5.74, 6) is -1.33. The van der Waals surface area contributed by atoms with Crippen LogP contribution >= 0.6 is 11.3 Å². The van der Waals surface area contributed by atoms with Gasteiger partial charge in [0.05, 0.1) is 16.5 Å². The molecular weight excluding hydrogens is 328 g/mol. The average molecular weight is 346 g/mol. The first-order valence-electron chi connectivity index (χ1n) is 7.15. The summed E-state index contributed by atoms with van der Waals surface area (Å²) in [6.07, 6.45) is 0. The number of benzene rings is 1. The van der Waals surface area contributed by atoms with E-state index in [4.69, 9.17) is 11.5 Å².